The number of aliphatic hydroxyl groups is 2. The van der Waals surface area contributed by atoms with E-state index in [0.29, 0.717) is 25.7 Å². The van der Waals surface area contributed by atoms with Crippen LogP contribution in [0.15, 0.2) is 0 Å². The van der Waals surface area contributed by atoms with Crippen LogP contribution in [0.4, 0.5) is 0 Å². The second-order valence-corrected chi connectivity index (χ2v) is 11.4. The van der Waals surface area contributed by atoms with Crippen LogP contribution in [0.25, 0.3) is 0 Å². The van der Waals surface area contributed by atoms with Gasteiger partial charge in [-0.3, -0.25) is 9.59 Å². The highest BCUT2D eigenvalue weighted by Gasteiger charge is 2.65. The molecule has 0 rings (SSSR count). The van der Waals surface area contributed by atoms with Crippen LogP contribution >= 0.6 is 0 Å². The summed E-state index contributed by atoms with van der Waals surface area (Å²) in [4.78, 5) is 38.0. The van der Waals surface area contributed by atoms with Gasteiger partial charge in [-0.25, -0.2) is 4.79 Å². The first-order chi connectivity index (χ1) is 18.6. The number of carboxylic acid groups (broad SMARTS) is 3. The number of carbonyl (C=O) groups is 3. The molecule has 39 heavy (non-hydrogen) atoms. The molecule has 0 heterocycles. The van der Waals surface area contributed by atoms with Crippen molar-refractivity contribution >= 4 is 17.9 Å². The lowest BCUT2D eigenvalue weighted by Crippen LogP contribution is -2.62. The van der Waals surface area contributed by atoms with Gasteiger partial charge in [0.1, 0.15) is 11.5 Å². The third kappa shape index (κ3) is 11.8. The van der Waals surface area contributed by atoms with Crippen LogP contribution in [0.3, 0.4) is 0 Å². The summed E-state index contributed by atoms with van der Waals surface area (Å²) < 4.78 is 0. The van der Waals surface area contributed by atoms with E-state index >= 15 is 0 Å². The molecule has 230 valence electrons. The van der Waals surface area contributed by atoms with Crippen molar-refractivity contribution in [3.05, 3.63) is 0 Å². The van der Waals surface area contributed by atoms with Gasteiger partial charge in [0.15, 0.2) is 6.10 Å². The molecule has 3 unspecified atom stereocenters. The predicted molar refractivity (Wildman–Crippen MR) is 154 cm³/mol. The molecule has 0 saturated heterocycles. The number of carboxylic acids is 3. The van der Waals surface area contributed by atoms with E-state index in [1.54, 1.807) is 0 Å². The van der Waals surface area contributed by atoms with Gasteiger partial charge in [-0.1, -0.05) is 136 Å². The Labute approximate surface area is 236 Å². The number of hydrogen-bond acceptors (Lipinski definition) is 5. The van der Waals surface area contributed by atoms with E-state index in [0.717, 1.165) is 89.9 Å². The molecule has 0 aliphatic carbocycles. The van der Waals surface area contributed by atoms with Gasteiger partial charge in [-0.05, 0) is 19.3 Å². The highest BCUT2D eigenvalue weighted by Crippen LogP contribution is 2.54. The number of unbranched alkanes of at least 4 members (excludes halogenated alkanes) is 15. The standard InChI is InChI=1S/C31H58O8/c1-4-7-10-13-16-19-22-30(28(36)37,23-20-17-14-11-8-5-2)31(29(38)39,26(33)25(32)27(34)35)24-21-18-15-12-9-6-3/h25-26,32-33H,4-24H2,1-3H3,(H,34,35)(H,36,37)(H,38,39). The summed E-state index contributed by atoms with van der Waals surface area (Å²) in [5.41, 5.74) is -4.22. The van der Waals surface area contributed by atoms with E-state index in [4.69, 9.17) is 0 Å². The van der Waals surface area contributed by atoms with E-state index in [-0.39, 0.29) is 19.3 Å². The van der Waals surface area contributed by atoms with Gasteiger partial charge in [0.25, 0.3) is 0 Å². The Balaban J connectivity index is 6.40. The lowest BCUT2D eigenvalue weighted by Gasteiger charge is -2.49. The molecule has 8 nitrogen and oxygen atoms in total. The maximum absolute atomic E-state index is 13.2. The maximum Gasteiger partial charge on any atom is 0.335 e. The molecule has 0 aliphatic heterocycles. The van der Waals surface area contributed by atoms with Crippen molar-refractivity contribution in [2.45, 2.75) is 168 Å². The number of aliphatic hydroxyl groups excluding tert-OH is 2. The minimum absolute atomic E-state index is 0.0228. The van der Waals surface area contributed by atoms with Gasteiger partial charge in [-0.2, -0.15) is 0 Å². The predicted octanol–water partition coefficient (Wildman–Crippen LogP) is 7.19. The molecule has 0 aromatic rings. The zero-order valence-corrected chi connectivity index (χ0v) is 25.0. The fraction of sp³-hybridized carbons (Fsp3) is 0.903. The van der Waals surface area contributed by atoms with Gasteiger partial charge in [0, 0.05) is 0 Å². The van der Waals surface area contributed by atoms with Crippen molar-refractivity contribution < 1.29 is 39.9 Å². The van der Waals surface area contributed by atoms with Crippen molar-refractivity contribution in [2.24, 2.45) is 10.8 Å². The number of aliphatic carboxylic acids is 3. The fourth-order valence-corrected chi connectivity index (χ4v) is 6.09. The van der Waals surface area contributed by atoms with E-state index in [9.17, 15) is 39.9 Å². The highest BCUT2D eigenvalue weighted by atomic mass is 16.4. The average molecular weight is 559 g/mol. The smallest absolute Gasteiger partial charge is 0.335 e. The Morgan fingerprint density at radius 3 is 1.15 bits per heavy atom. The minimum Gasteiger partial charge on any atom is -0.481 e. The molecule has 0 radical (unpaired) electrons. The summed E-state index contributed by atoms with van der Waals surface area (Å²) in [7, 11) is 0. The summed E-state index contributed by atoms with van der Waals surface area (Å²) in [5.74, 6) is -4.62. The molecule has 0 aliphatic rings. The van der Waals surface area contributed by atoms with Crippen LogP contribution in [-0.2, 0) is 14.4 Å². The number of rotatable bonds is 27. The summed E-state index contributed by atoms with van der Waals surface area (Å²) in [6, 6.07) is 0. The van der Waals surface area contributed by atoms with Crippen molar-refractivity contribution in [2.75, 3.05) is 0 Å². The average Bonchev–Trinajstić information content (AvgIpc) is 2.90. The van der Waals surface area contributed by atoms with E-state index in [2.05, 4.69) is 20.8 Å². The van der Waals surface area contributed by atoms with Gasteiger partial charge in [0.05, 0.1) is 5.41 Å². The Kier molecular flexibility index (Phi) is 20.2. The quantitative estimate of drug-likeness (QED) is 0.0664. The molecule has 0 aromatic carbocycles. The minimum atomic E-state index is -2.39. The largest absolute Gasteiger partial charge is 0.481 e. The maximum atomic E-state index is 13.2. The normalized spacial score (nSPS) is 15.0. The molecule has 0 amide bonds. The Bertz CT molecular complexity index is 664. The molecule has 0 aromatic heterocycles. The second kappa shape index (κ2) is 21.1. The first-order valence-electron chi connectivity index (χ1n) is 15.6. The Morgan fingerprint density at radius 1 is 0.513 bits per heavy atom. The van der Waals surface area contributed by atoms with Crippen molar-refractivity contribution in [1.29, 1.82) is 0 Å². The van der Waals surface area contributed by atoms with Gasteiger partial charge < -0.3 is 25.5 Å². The molecular weight excluding hydrogens is 500 g/mol. The summed E-state index contributed by atoms with van der Waals surface area (Å²) in [6.07, 6.45) is 10.6. The molecule has 0 fully saturated rings. The van der Waals surface area contributed by atoms with Crippen LogP contribution in [0, 0.1) is 10.8 Å². The number of hydrogen-bond donors (Lipinski definition) is 5. The molecule has 5 N–H and O–H groups in total. The van der Waals surface area contributed by atoms with E-state index in [1.807, 2.05) is 0 Å². The molecule has 0 spiro atoms. The van der Waals surface area contributed by atoms with Gasteiger partial charge in [-0.15, -0.1) is 0 Å². The first kappa shape index (κ1) is 37.3. The van der Waals surface area contributed by atoms with Crippen molar-refractivity contribution in [1.82, 2.24) is 0 Å². The van der Waals surface area contributed by atoms with Crippen molar-refractivity contribution in [3.8, 4) is 0 Å². The van der Waals surface area contributed by atoms with Crippen LogP contribution in [0.2, 0.25) is 0 Å². The summed E-state index contributed by atoms with van der Waals surface area (Å²) >= 11 is 0. The highest BCUT2D eigenvalue weighted by molar-refractivity contribution is 5.88. The third-order valence-corrected chi connectivity index (χ3v) is 8.54. The lowest BCUT2D eigenvalue weighted by atomic mass is 9.53. The zero-order valence-electron chi connectivity index (χ0n) is 25.0. The Hall–Kier alpha value is -1.67. The summed E-state index contributed by atoms with van der Waals surface area (Å²) in [6.45, 7) is 6.30. The SMILES string of the molecule is CCCCCCCCC(CCCCCCCC)(C(=O)O)C(CCCCCCCC)(C(=O)O)C(O)C(O)C(=O)O. The first-order valence-corrected chi connectivity index (χ1v) is 15.6. The summed E-state index contributed by atoms with van der Waals surface area (Å²) in [5, 5.41) is 52.6. The van der Waals surface area contributed by atoms with Crippen LogP contribution in [0.5, 0.6) is 0 Å². The van der Waals surface area contributed by atoms with E-state index in [1.165, 1.54) is 0 Å². The van der Waals surface area contributed by atoms with Crippen LogP contribution in [0.1, 0.15) is 156 Å². The lowest BCUT2D eigenvalue weighted by molar-refractivity contribution is -0.204. The van der Waals surface area contributed by atoms with Gasteiger partial charge in [0.2, 0.25) is 0 Å². The second-order valence-electron chi connectivity index (χ2n) is 11.4. The molecule has 8 heteroatoms. The van der Waals surface area contributed by atoms with E-state index < -0.39 is 40.9 Å². The fourth-order valence-electron chi connectivity index (χ4n) is 6.09. The molecule has 0 saturated carbocycles. The molecular formula is C31H58O8. The van der Waals surface area contributed by atoms with Gasteiger partial charge >= 0.3 is 17.9 Å². The Morgan fingerprint density at radius 2 is 0.846 bits per heavy atom. The monoisotopic (exact) mass is 558 g/mol. The topological polar surface area (TPSA) is 152 Å². The van der Waals surface area contributed by atoms with Crippen LogP contribution in [-0.4, -0.2) is 55.6 Å². The van der Waals surface area contributed by atoms with Crippen LogP contribution < -0.4 is 0 Å². The van der Waals surface area contributed by atoms with Crippen molar-refractivity contribution in [3.63, 3.8) is 0 Å². The third-order valence-electron chi connectivity index (χ3n) is 8.54. The molecule has 0 bridgehead atoms. The molecule has 3 atom stereocenters. The zero-order chi connectivity index (χ0) is 29.7.